The normalized spacial score (nSPS) is 16.4. The predicted octanol–water partition coefficient (Wildman–Crippen LogP) is 6.26. The van der Waals surface area contributed by atoms with Crippen molar-refractivity contribution in [3.8, 4) is 11.4 Å². The summed E-state index contributed by atoms with van der Waals surface area (Å²) in [6.07, 6.45) is 11.7. The summed E-state index contributed by atoms with van der Waals surface area (Å²) in [5.74, 6) is 0.917. The Morgan fingerprint density at radius 2 is 1.94 bits per heavy atom. The van der Waals surface area contributed by atoms with Crippen molar-refractivity contribution in [1.82, 2.24) is 19.6 Å². The van der Waals surface area contributed by atoms with Gasteiger partial charge in [-0.3, -0.25) is 4.90 Å². The van der Waals surface area contributed by atoms with E-state index in [-0.39, 0.29) is 6.04 Å². The molecule has 1 amide bonds. The van der Waals surface area contributed by atoms with Crippen LogP contribution in [0, 0.1) is 0 Å². The van der Waals surface area contributed by atoms with Crippen LogP contribution in [0.5, 0.6) is 0 Å². The molecule has 0 spiro atoms. The zero-order valence-electron chi connectivity index (χ0n) is 18.3. The fourth-order valence-electron chi connectivity index (χ4n) is 4.58. The number of benzene rings is 1. The molecule has 1 aromatic carbocycles. The van der Waals surface area contributed by atoms with E-state index in [0.717, 1.165) is 30.3 Å². The first-order valence-electron chi connectivity index (χ1n) is 11.6. The molecule has 4 rings (SSSR count). The molecule has 1 aliphatic rings. The number of carbonyl (C=O) groups is 1. The molecule has 3 aromatic rings. The number of aromatic nitrogens is 3. The van der Waals surface area contributed by atoms with Crippen LogP contribution in [0.2, 0.25) is 0 Å². The second kappa shape index (κ2) is 9.98. The van der Waals surface area contributed by atoms with Crippen LogP contribution in [0.1, 0.15) is 76.6 Å². The lowest BCUT2D eigenvalue weighted by molar-refractivity contribution is 0.131. The Kier molecular flexibility index (Phi) is 6.89. The van der Waals surface area contributed by atoms with E-state index in [4.69, 9.17) is 4.52 Å². The third kappa shape index (κ3) is 4.75. The van der Waals surface area contributed by atoms with E-state index < -0.39 is 6.09 Å². The minimum absolute atomic E-state index is 0.347. The van der Waals surface area contributed by atoms with Crippen LogP contribution in [0.3, 0.4) is 0 Å². The molecule has 1 aliphatic heterocycles. The number of aryl methyl sites for hydroxylation is 1. The highest BCUT2D eigenvalue weighted by molar-refractivity contribution is 5.94. The van der Waals surface area contributed by atoms with Crippen molar-refractivity contribution in [3.63, 3.8) is 0 Å². The molecule has 0 bridgehead atoms. The van der Waals surface area contributed by atoms with Gasteiger partial charge in [0.15, 0.2) is 0 Å². The third-order valence-corrected chi connectivity index (χ3v) is 6.26. The van der Waals surface area contributed by atoms with E-state index in [9.17, 15) is 9.90 Å². The van der Waals surface area contributed by atoms with Gasteiger partial charge in [-0.05, 0) is 25.3 Å². The van der Waals surface area contributed by atoms with Gasteiger partial charge in [-0.1, -0.05) is 68.8 Å². The molecule has 0 radical (unpaired) electrons. The summed E-state index contributed by atoms with van der Waals surface area (Å²) in [6, 6.07) is 7.94. The molecule has 0 saturated carbocycles. The highest BCUT2D eigenvalue weighted by Crippen LogP contribution is 2.34. The van der Waals surface area contributed by atoms with Crippen LogP contribution in [-0.2, 0) is 6.54 Å². The molecule has 1 saturated heterocycles. The number of unbranched alkanes of at least 4 members (excludes halogenated alkanes) is 6. The quantitative estimate of drug-likeness (QED) is 0.388. The van der Waals surface area contributed by atoms with Gasteiger partial charge in [0.05, 0.1) is 0 Å². The SMILES string of the molecule is CCCCCCCCCn1cc(-c2noc(C3CCCN3C(=O)O)n2)c2ccccc21. The van der Waals surface area contributed by atoms with Crippen LogP contribution in [-0.4, -0.2) is 37.4 Å². The average Bonchev–Trinajstić information content (AvgIpc) is 3.51. The van der Waals surface area contributed by atoms with Gasteiger partial charge in [-0.15, -0.1) is 0 Å². The maximum atomic E-state index is 11.5. The monoisotopic (exact) mass is 424 g/mol. The zero-order valence-corrected chi connectivity index (χ0v) is 18.3. The van der Waals surface area contributed by atoms with E-state index in [0.29, 0.717) is 24.7 Å². The maximum absolute atomic E-state index is 11.5. The fraction of sp³-hybridized carbons (Fsp3) is 0.542. The zero-order chi connectivity index (χ0) is 21.6. The van der Waals surface area contributed by atoms with Gasteiger partial charge in [0, 0.05) is 35.8 Å². The molecular formula is C24H32N4O3. The molecular weight excluding hydrogens is 392 g/mol. The lowest BCUT2D eigenvalue weighted by Gasteiger charge is -2.17. The van der Waals surface area contributed by atoms with Crippen molar-refractivity contribution < 1.29 is 14.4 Å². The smallest absolute Gasteiger partial charge is 0.407 e. The van der Waals surface area contributed by atoms with E-state index in [1.54, 1.807) is 0 Å². The van der Waals surface area contributed by atoms with Crippen molar-refractivity contribution in [2.45, 2.75) is 77.3 Å². The number of fused-ring (bicyclic) bond motifs is 1. The molecule has 3 heterocycles. The Bertz CT molecular complexity index is 1010. The molecule has 1 atom stereocenters. The number of likely N-dealkylation sites (tertiary alicyclic amines) is 1. The standard InChI is InChI=1S/C24H32N4O3/c1-2-3-4-5-6-7-10-15-27-17-19(18-12-8-9-13-20(18)27)22-25-23(31-26-22)21-14-11-16-28(21)24(29)30/h8-9,12-13,17,21H,2-7,10-11,14-16H2,1H3,(H,29,30). The molecule has 1 N–H and O–H groups in total. The van der Waals surface area contributed by atoms with Crippen LogP contribution >= 0.6 is 0 Å². The first kappa shape index (κ1) is 21.4. The van der Waals surface area contributed by atoms with Crippen LogP contribution in [0.15, 0.2) is 35.0 Å². The number of nitrogens with zero attached hydrogens (tertiary/aromatic N) is 4. The van der Waals surface area contributed by atoms with Gasteiger partial charge in [-0.25, -0.2) is 4.79 Å². The number of rotatable bonds is 10. The first-order chi connectivity index (χ1) is 15.2. The summed E-state index contributed by atoms with van der Waals surface area (Å²) in [7, 11) is 0. The van der Waals surface area contributed by atoms with Crippen LogP contribution < -0.4 is 0 Å². The highest BCUT2D eigenvalue weighted by atomic mass is 16.5. The summed E-state index contributed by atoms with van der Waals surface area (Å²) in [4.78, 5) is 17.5. The van der Waals surface area contributed by atoms with E-state index >= 15 is 0 Å². The van der Waals surface area contributed by atoms with Crippen molar-refractivity contribution in [3.05, 3.63) is 36.4 Å². The average molecular weight is 425 g/mol. The molecule has 7 nitrogen and oxygen atoms in total. The van der Waals surface area contributed by atoms with E-state index in [1.807, 2.05) is 6.07 Å². The van der Waals surface area contributed by atoms with E-state index in [2.05, 4.69) is 46.0 Å². The van der Waals surface area contributed by atoms with Crippen molar-refractivity contribution >= 4 is 17.0 Å². The lowest BCUT2D eigenvalue weighted by atomic mass is 10.1. The van der Waals surface area contributed by atoms with Crippen molar-refractivity contribution in [2.75, 3.05) is 6.54 Å². The van der Waals surface area contributed by atoms with Gasteiger partial charge in [0.2, 0.25) is 11.7 Å². The molecule has 31 heavy (non-hydrogen) atoms. The Morgan fingerprint density at radius 3 is 2.74 bits per heavy atom. The summed E-state index contributed by atoms with van der Waals surface area (Å²) < 4.78 is 7.80. The largest absolute Gasteiger partial charge is 0.465 e. The minimum atomic E-state index is -0.937. The lowest BCUT2D eigenvalue weighted by Crippen LogP contribution is -2.28. The predicted molar refractivity (Wildman–Crippen MR) is 120 cm³/mol. The van der Waals surface area contributed by atoms with Gasteiger partial charge in [0.1, 0.15) is 6.04 Å². The van der Waals surface area contributed by atoms with Crippen LogP contribution in [0.4, 0.5) is 4.79 Å². The number of amides is 1. The highest BCUT2D eigenvalue weighted by Gasteiger charge is 2.34. The molecule has 1 fully saturated rings. The molecule has 1 unspecified atom stereocenters. The molecule has 0 aliphatic carbocycles. The van der Waals surface area contributed by atoms with Crippen molar-refractivity contribution in [2.24, 2.45) is 0 Å². The Balaban J connectivity index is 1.49. The molecule has 2 aromatic heterocycles. The summed E-state index contributed by atoms with van der Waals surface area (Å²) >= 11 is 0. The second-order valence-corrected chi connectivity index (χ2v) is 8.46. The number of hydrogen-bond acceptors (Lipinski definition) is 4. The minimum Gasteiger partial charge on any atom is -0.465 e. The maximum Gasteiger partial charge on any atom is 0.407 e. The summed E-state index contributed by atoms with van der Waals surface area (Å²) in [5, 5.41) is 14.7. The summed E-state index contributed by atoms with van der Waals surface area (Å²) in [5.41, 5.74) is 2.11. The number of hydrogen-bond donors (Lipinski definition) is 1. The number of para-hydroxylation sites is 1. The molecule has 7 heteroatoms. The molecule has 166 valence electrons. The van der Waals surface area contributed by atoms with Crippen molar-refractivity contribution in [1.29, 1.82) is 0 Å². The Morgan fingerprint density at radius 1 is 1.16 bits per heavy atom. The first-order valence-corrected chi connectivity index (χ1v) is 11.6. The van der Waals surface area contributed by atoms with Gasteiger partial charge in [-0.2, -0.15) is 4.98 Å². The van der Waals surface area contributed by atoms with Crippen LogP contribution in [0.25, 0.3) is 22.3 Å². The van der Waals surface area contributed by atoms with Gasteiger partial charge in [0.25, 0.3) is 0 Å². The summed E-state index contributed by atoms with van der Waals surface area (Å²) in [6.45, 7) is 3.72. The second-order valence-electron chi connectivity index (χ2n) is 8.46. The number of carboxylic acid groups (broad SMARTS) is 1. The Labute approximate surface area is 183 Å². The van der Waals surface area contributed by atoms with E-state index in [1.165, 1.54) is 48.9 Å². The van der Waals surface area contributed by atoms with Gasteiger partial charge < -0.3 is 14.2 Å². The third-order valence-electron chi connectivity index (χ3n) is 6.26. The van der Waals surface area contributed by atoms with Gasteiger partial charge >= 0.3 is 6.09 Å². The fourth-order valence-corrected chi connectivity index (χ4v) is 4.58. The Hall–Kier alpha value is -2.83. The topological polar surface area (TPSA) is 84.4 Å².